The molecule has 0 aromatic carbocycles. The van der Waals surface area contributed by atoms with E-state index in [0.29, 0.717) is 6.42 Å². The molecule has 0 rings (SSSR count). The zero-order valence-corrected chi connectivity index (χ0v) is 8.99. The van der Waals surface area contributed by atoms with Gasteiger partial charge in [-0.05, 0) is 0 Å². The molecule has 3 heteroatoms. The van der Waals surface area contributed by atoms with Gasteiger partial charge in [0.15, 0.2) is 0 Å². The fourth-order valence-corrected chi connectivity index (χ4v) is 0.475. The van der Waals surface area contributed by atoms with Crippen molar-refractivity contribution in [3.8, 4) is 0 Å². The summed E-state index contributed by atoms with van der Waals surface area (Å²) in [5, 5.41) is 0. The largest absolute Gasteiger partial charge is 1.00 e. The average molecular weight is 160 g/mol. The van der Waals surface area contributed by atoms with Crippen LogP contribution in [0.3, 0.4) is 0 Å². The Morgan fingerprint density at radius 1 is 1.22 bits per heavy atom. The van der Waals surface area contributed by atoms with Gasteiger partial charge in [0, 0.05) is 6.42 Å². The second kappa shape index (κ2) is 9.50. The number of rotatable bonds is 4. The Morgan fingerprint density at radius 2 is 1.78 bits per heavy atom. The van der Waals surface area contributed by atoms with Gasteiger partial charge in [-0.15, -0.1) is 0 Å². The molecule has 0 amide bonds. The standard InChI is InChI=1S/C6H11F2.K/c1-2-3-4-5-6(7)8;/h6H,1-5H2;/q-1;+1. The molecule has 0 atom stereocenters. The molecule has 0 aromatic heterocycles. The maximum absolute atomic E-state index is 11.3. The van der Waals surface area contributed by atoms with E-state index in [4.69, 9.17) is 0 Å². The molecular formula is C6H11F2K. The molecular weight excluding hydrogens is 149 g/mol. The minimum atomic E-state index is -2.12. The number of hydrogen-bond donors (Lipinski definition) is 0. The van der Waals surface area contributed by atoms with Crippen LogP contribution in [-0.2, 0) is 0 Å². The van der Waals surface area contributed by atoms with E-state index in [1.807, 2.05) is 0 Å². The zero-order chi connectivity index (χ0) is 6.41. The van der Waals surface area contributed by atoms with Gasteiger partial charge in [-0.1, -0.05) is 12.8 Å². The van der Waals surface area contributed by atoms with Crippen molar-refractivity contribution in [2.24, 2.45) is 0 Å². The molecule has 0 bridgehead atoms. The van der Waals surface area contributed by atoms with Crippen molar-refractivity contribution >= 4 is 0 Å². The van der Waals surface area contributed by atoms with Crippen LogP contribution in [0.25, 0.3) is 0 Å². The average Bonchev–Trinajstić information content (AvgIpc) is 1.66. The van der Waals surface area contributed by atoms with E-state index in [1.54, 1.807) is 0 Å². The monoisotopic (exact) mass is 160 g/mol. The Labute approximate surface area is 97.8 Å². The Morgan fingerprint density at radius 3 is 2.11 bits per heavy atom. The van der Waals surface area contributed by atoms with E-state index in [-0.39, 0.29) is 57.8 Å². The maximum atomic E-state index is 11.3. The van der Waals surface area contributed by atoms with E-state index in [9.17, 15) is 8.78 Å². The Hall–Kier alpha value is 1.50. The van der Waals surface area contributed by atoms with Crippen LogP contribution in [0.2, 0.25) is 0 Å². The van der Waals surface area contributed by atoms with Crippen molar-refractivity contribution in [3.05, 3.63) is 6.92 Å². The summed E-state index contributed by atoms with van der Waals surface area (Å²) in [6.07, 6.45) is 0.120. The van der Waals surface area contributed by atoms with Crippen LogP contribution in [0.4, 0.5) is 8.78 Å². The SMILES string of the molecule is [CH2-]CCCCC(F)F.[K+]. The first kappa shape index (κ1) is 13.1. The second-order valence-corrected chi connectivity index (χ2v) is 1.74. The fourth-order valence-electron chi connectivity index (χ4n) is 0.475. The summed E-state index contributed by atoms with van der Waals surface area (Å²) in [4.78, 5) is 0. The van der Waals surface area contributed by atoms with E-state index in [1.165, 1.54) is 0 Å². The molecule has 50 valence electrons. The maximum Gasteiger partial charge on any atom is 1.00 e. The first-order valence-electron chi connectivity index (χ1n) is 2.84. The molecule has 0 radical (unpaired) electrons. The summed E-state index contributed by atoms with van der Waals surface area (Å²) in [6, 6.07) is 0. The molecule has 0 unspecified atom stereocenters. The van der Waals surface area contributed by atoms with Crippen molar-refractivity contribution in [1.82, 2.24) is 0 Å². The Bertz CT molecular complexity index is 48.3. The van der Waals surface area contributed by atoms with Crippen LogP contribution in [0.5, 0.6) is 0 Å². The van der Waals surface area contributed by atoms with Crippen LogP contribution >= 0.6 is 0 Å². The summed E-state index contributed by atoms with van der Waals surface area (Å²) < 4.78 is 22.7. The summed E-state index contributed by atoms with van der Waals surface area (Å²) >= 11 is 0. The van der Waals surface area contributed by atoms with Gasteiger partial charge in [0.25, 0.3) is 0 Å². The normalized spacial score (nSPS) is 9.33. The van der Waals surface area contributed by atoms with Crippen LogP contribution in [0.1, 0.15) is 25.7 Å². The molecule has 0 aliphatic carbocycles. The first-order chi connectivity index (χ1) is 3.77. The van der Waals surface area contributed by atoms with Crippen molar-refractivity contribution in [2.75, 3.05) is 0 Å². The molecule has 0 aromatic rings. The van der Waals surface area contributed by atoms with E-state index >= 15 is 0 Å². The van der Waals surface area contributed by atoms with E-state index < -0.39 is 6.43 Å². The van der Waals surface area contributed by atoms with Gasteiger partial charge in [-0.25, -0.2) is 8.78 Å². The van der Waals surface area contributed by atoms with Crippen LogP contribution in [-0.4, -0.2) is 6.43 Å². The topological polar surface area (TPSA) is 0 Å². The van der Waals surface area contributed by atoms with Gasteiger partial charge >= 0.3 is 51.4 Å². The third-order valence-corrected chi connectivity index (χ3v) is 0.922. The van der Waals surface area contributed by atoms with Gasteiger partial charge in [-0.2, -0.15) is 6.42 Å². The predicted molar refractivity (Wildman–Crippen MR) is 29.8 cm³/mol. The van der Waals surface area contributed by atoms with Crippen molar-refractivity contribution in [1.29, 1.82) is 0 Å². The molecule has 0 nitrogen and oxygen atoms in total. The van der Waals surface area contributed by atoms with Crippen LogP contribution in [0, 0.1) is 6.92 Å². The van der Waals surface area contributed by atoms with Crippen molar-refractivity contribution < 1.29 is 60.2 Å². The van der Waals surface area contributed by atoms with E-state index in [2.05, 4.69) is 6.92 Å². The Kier molecular flexibility index (Phi) is 13.8. The molecule has 0 aliphatic rings. The summed E-state index contributed by atoms with van der Waals surface area (Å²) in [5.41, 5.74) is 0. The molecule has 0 saturated carbocycles. The summed E-state index contributed by atoms with van der Waals surface area (Å²) in [6.45, 7) is 3.54. The van der Waals surface area contributed by atoms with Crippen molar-refractivity contribution in [3.63, 3.8) is 0 Å². The molecule has 0 spiro atoms. The molecule has 0 fully saturated rings. The third kappa shape index (κ3) is 12.6. The van der Waals surface area contributed by atoms with E-state index in [0.717, 1.165) is 12.8 Å². The molecule has 0 saturated heterocycles. The molecule has 9 heavy (non-hydrogen) atoms. The quantitative estimate of drug-likeness (QED) is 0.299. The van der Waals surface area contributed by atoms with Gasteiger partial charge in [0.05, 0.1) is 0 Å². The summed E-state index contributed by atoms with van der Waals surface area (Å²) in [5.74, 6) is 0. The molecule has 0 N–H and O–H groups in total. The smallest absolute Gasteiger partial charge is 0.343 e. The number of hydrogen-bond acceptors (Lipinski definition) is 0. The second-order valence-electron chi connectivity index (χ2n) is 1.74. The van der Waals surface area contributed by atoms with Gasteiger partial charge in [-0.3, -0.25) is 0 Å². The van der Waals surface area contributed by atoms with Crippen LogP contribution in [0.15, 0.2) is 0 Å². The zero-order valence-electron chi connectivity index (χ0n) is 5.87. The number of halogens is 2. The predicted octanol–water partition coefficient (Wildman–Crippen LogP) is -0.350. The number of alkyl halides is 2. The molecule has 0 aliphatic heterocycles. The van der Waals surface area contributed by atoms with Gasteiger partial charge in [0.2, 0.25) is 6.43 Å². The van der Waals surface area contributed by atoms with Gasteiger partial charge < -0.3 is 6.92 Å². The fraction of sp³-hybridized carbons (Fsp3) is 0.833. The number of unbranched alkanes of at least 4 members (excludes halogenated alkanes) is 2. The van der Waals surface area contributed by atoms with Gasteiger partial charge in [0.1, 0.15) is 0 Å². The van der Waals surface area contributed by atoms with Crippen LogP contribution < -0.4 is 51.4 Å². The third-order valence-electron chi connectivity index (χ3n) is 0.922. The minimum Gasteiger partial charge on any atom is -0.343 e. The Balaban J connectivity index is 0. The first-order valence-corrected chi connectivity index (χ1v) is 2.84. The summed E-state index contributed by atoms with van der Waals surface area (Å²) in [7, 11) is 0. The molecule has 0 heterocycles. The van der Waals surface area contributed by atoms with Crippen molar-refractivity contribution in [2.45, 2.75) is 32.1 Å². The minimum absolute atomic E-state index is 0.